The molecule has 0 amide bonds. The summed E-state index contributed by atoms with van der Waals surface area (Å²) in [4.78, 5) is 11.4. The number of ketones is 1. The van der Waals surface area contributed by atoms with Crippen LogP contribution in [0.1, 0.15) is 25.7 Å². The monoisotopic (exact) mass is 334 g/mol. The minimum atomic E-state index is -0.508. The zero-order chi connectivity index (χ0) is 13.1. The van der Waals surface area contributed by atoms with Crippen molar-refractivity contribution >= 4 is 33.3 Å². The lowest BCUT2D eigenvalue weighted by molar-refractivity contribution is -0.121. The van der Waals surface area contributed by atoms with Gasteiger partial charge in [0, 0.05) is 18.4 Å². The highest BCUT2D eigenvalue weighted by Gasteiger charge is 2.24. The third-order valence-corrected chi connectivity index (χ3v) is 4.04. The molecule has 0 bridgehead atoms. The van der Waals surface area contributed by atoms with Crippen molar-refractivity contribution in [1.29, 1.82) is 0 Å². The molecule has 0 aromatic heterocycles. The topological polar surface area (TPSA) is 26.3 Å². The predicted molar refractivity (Wildman–Crippen MR) is 71.6 cm³/mol. The lowest BCUT2D eigenvalue weighted by Gasteiger charge is -2.11. The van der Waals surface area contributed by atoms with Gasteiger partial charge in [-0.25, -0.2) is 4.39 Å². The van der Waals surface area contributed by atoms with Gasteiger partial charge in [-0.15, -0.1) is 0 Å². The second kappa shape index (κ2) is 6.02. The Bertz CT molecular complexity index is 465. The van der Waals surface area contributed by atoms with Crippen LogP contribution in [-0.4, -0.2) is 12.4 Å². The van der Waals surface area contributed by atoms with E-state index in [1.54, 1.807) is 0 Å². The molecule has 2 nitrogen and oxygen atoms in total. The predicted octanol–water partition coefficient (Wildman–Crippen LogP) is 4.38. The zero-order valence-corrected chi connectivity index (χ0v) is 12.1. The van der Waals surface area contributed by atoms with E-state index < -0.39 is 5.82 Å². The van der Waals surface area contributed by atoms with Gasteiger partial charge >= 0.3 is 0 Å². The molecule has 1 aromatic carbocycles. The molecule has 1 fully saturated rings. The number of carbonyl (C=O) groups excluding carboxylic acids is 1. The molecule has 1 aliphatic rings. The first-order chi connectivity index (χ1) is 8.58. The van der Waals surface area contributed by atoms with E-state index in [0.717, 1.165) is 12.8 Å². The number of Topliss-reactive ketones (excluding diaryl/α,β-unsaturated/α-hetero) is 1. The Balaban J connectivity index is 1.90. The summed E-state index contributed by atoms with van der Waals surface area (Å²) in [5.41, 5.74) is 0. The van der Waals surface area contributed by atoms with Crippen molar-refractivity contribution < 1.29 is 13.9 Å². The molecule has 0 radical (unpaired) electrons. The summed E-state index contributed by atoms with van der Waals surface area (Å²) >= 11 is 8.90. The molecule has 98 valence electrons. The van der Waals surface area contributed by atoms with Crippen LogP contribution in [0, 0.1) is 11.7 Å². The Labute approximate surface area is 119 Å². The molecule has 18 heavy (non-hydrogen) atoms. The van der Waals surface area contributed by atoms with Gasteiger partial charge in [-0.2, -0.15) is 0 Å². The lowest BCUT2D eigenvalue weighted by atomic mass is 10.0. The number of carbonyl (C=O) groups is 1. The normalized spacial score (nSPS) is 19.3. The molecule has 0 heterocycles. The molecular weight excluding hydrogens is 322 g/mol. The molecule has 2 rings (SSSR count). The third kappa shape index (κ3) is 3.23. The van der Waals surface area contributed by atoms with Crippen LogP contribution >= 0.6 is 27.5 Å². The van der Waals surface area contributed by atoms with Crippen molar-refractivity contribution in [2.24, 2.45) is 5.92 Å². The summed E-state index contributed by atoms with van der Waals surface area (Å²) in [6.45, 7) is 0.413. The highest BCUT2D eigenvalue weighted by Crippen LogP contribution is 2.31. The van der Waals surface area contributed by atoms with E-state index in [-0.39, 0.29) is 10.9 Å². The van der Waals surface area contributed by atoms with E-state index in [2.05, 4.69) is 15.9 Å². The maximum atomic E-state index is 13.3. The fourth-order valence-corrected chi connectivity index (χ4v) is 2.87. The van der Waals surface area contributed by atoms with Gasteiger partial charge in [0.1, 0.15) is 17.3 Å². The Kier molecular flexibility index (Phi) is 4.62. The molecule has 1 unspecified atom stereocenters. The minimum absolute atomic E-state index is 0.0557. The Hall–Kier alpha value is -0.610. The largest absolute Gasteiger partial charge is 0.492 e. The number of hydrogen-bond donors (Lipinski definition) is 0. The van der Waals surface area contributed by atoms with Gasteiger partial charge in [-0.05, 0) is 41.3 Å². The molecule has 1 saturated carbocycles. The molecule has 1 aliphatic carbocycles. The smallest absolute Gasteiger partial charge is 0.145 e. The Morgan fingerprint density at radius 2 is 2.28 bits per heavy atom. The number of halogens is 3. The second-order valence-electron chi connectivity index (χ2n) is 4.39. The first kappa shape index (κ1) is 13.8. The van der Waals surface area contributed by atoms with Crippen LogP contribution in [0.2, 0.25) is 5.02 Å². The van der Waals surface area contributed by atoms with Crippen LogP contribution in [0.25, 0.3) is 0 Å². The summed E-state index contributed by atoms with van der Waals surface area (Å²) in [6, 6.07) is 2.72. The standard InChI is InChI=1S/C13H13BrClFO2/c14-9-6-10(15)11(16)7-13(9)18-5-4-8-2-1-3-12(8)17/h6-8H,1-5H2. The van der Waals surface area contributed by atoms with Crippen LogP contribution in [-0.2, 0) is 4.79 Å². The number of benzene rings is 1. The van der Waals surface area contributed by atoms with Crippen LogP contribution in [0.5, 0.6) is 5.75 Å². The van der Waals surface area contributed by atoms with Crippen molar-refractivity contribution in [3.8, 4) is 5.75 Å². The summed E-state index contributed by atoms with van der Waals surface area (Å²) < 4.78 is 19.4. The SMILES string of the molecule is O=C1CCCC1CCOc1cc(F)c(Cl)cc1Br. The first-order valence-electron chi connectivity index (χ1n) is 5.88. The van der Waals surface area contributed by atoms with E-state index in [0.29, 0.717) is 35.5 Å². The molecule has 0 saturated heterocycles. The number of rotatable bonds is 4. The Morgan fingerprint density at radius 1 is 1.50 bits per heavy atom. The second-order valence-corrected chi connectivity index (χ2v) is 5.65. The summed E-state index contributed by atoms with van der Waals surface area (Å²) in [7, 11) is 0. The highest BCUT2D eigenvalue weighted by atomic mass is 79.9. The summed E-state index contributed by atoms with van der Waals surface area (Å²) in [5, 5.41) is 0.0557. The maximum absolute atomic E-state index is 13.3. The van der Waals surface area contributed by atoms with Crippen molar-refractivity contribution in [3.63, 3.8) is 0 Å². The van der Waals surface area contributed by atoms with Gasteiger partial charge in [0.2, 0.25) is 0 Å². The molecular formula is C13H13BrClFO2. The van der Waals surface area contributed by atoms with E-state index in [4.69, 9.17) is 16.3 Å². The molecule has 0 spiro atoms. The lowest BCUT2D eigenvalue weighted by Crippen LogP contribution is -2.11. The molecule has 1 aromatic rings. The van der Waals surface area contributed by atoms with Crippen LogP contribution < -0.4 is 4.74 Å². The summed E-state index contributed by atoms with van der Waals surface area (Å²) in [5.74, 6) is 0.343. The van der Waals surface area contributed by atoms with Crippen LogP contribution in [0.3, 0.4) is 0 Å². The van der Waals surface area contributed by atoms with E-state index in [1.807, 2.05) is 0 Å². The fourth-order valence-electron chi connectivity index (χ4n) is 2.12. The highest BCUT2D eigenvalue weighted by molar-refractivity contribution is 9.10. The fraction of sp³-hybridized carbons (Fsp3) is 0.462. The van der Waals surface area contributed by atoms with Gasteiger partial charge in [0.05, 0.1) is 16.1 Å². The zero-order valence-electron chi connectivity index (χ0n) is 9.72. The van der Waals surface area contributed by atoms with Crippen molar-refractivity contribution in [2.45, 2.75) is 25.7 Å². The quantitative estimate of drug-likeness (QED) is 0.763. The van der Waals surface area contributed by atoms with Crippen molar-refractivity contribution in [2.75, 3.05) is 6.61 Å². The Morgan fingerprint density at radius 3 is 2.94 bits per heavy atom. The van der Waals surface area contributed by atoms with Crippen LogP contribution in [0.15, 0.2) is 16.6 Å². The van der Waals surface area contributed by atoms with Gasteiger partial charge in [-0.3, -0.25) is 4.79 Å². The average molecular weight is 336 g/mol. The van der Waals surface area contributed by atoms with E-state index >= 15 is 0 Å². The molecule has 0 aliphatic heterocycles. The first-order valence-corrected chi connectivity index (χ1v) is 7.05. The van der Waals surface area contributed by atoms with Crippen LogP contribution in [0.4, 0.5) is 4.39 Å². The van der Waals surface area contributed by atoms with Gasteiger partial charge in [0.15, 0.2) is 0 Å². The molecule has 1 atom stereocenters. The van der Waals surface area contributed by atoms with E-state index in [9.17, 15) is 9.18 Å². The minimum Gasteiger partial charge on any atom is -0.492 e. The van der Waals surface area contributed by atoms with Gasteiger partial charge in [0.25, 0.3) is 0 Å². The van der Waals surface area contributed by atoms with Crippen molar-refractivity contribution in [3.05, 3.63) is 27.4 Å². The number of hydrogen-bond acceptors (Lipinski definition) is 2. The third-order valence-electron chi connectivity index (χ3n) is 3.13. The average Bonchev–Trinajstić information content (AvgIpc) is 2.72. The number of ether oxygens (including phenoxy) is 1. The van der Waals surface area contributed by atoms with E-state index in [1.165, 1.54) is 12.1 Å². The van der Waals surface area contributed by atoms with Gasteiger partial charge < -0.3 is 4.74 Å². The summed E-state index contributed by atoms with van der Waals surface area (Å²) in [6.07, 6.45) is 3.29. The van der Waals surface area contributed by atoms with Crippen molar-refractivity contribution in [1.82, 2.24) is 0 Å². The van der Waals surface area contributed by atoms with Gasteiger partial charge in [-0.1, -0.05) is 11.6 Å². The maximum Gasteiger partial charge on any atom is 0.145 e. The molecule has 0 N–H and O–H groups in total. The molecule has 5 heteroatoms.